The largest absolute Gasteiger partial charge is 0.437 e. The summed E-state index contributed by atoms with van der Waals surface area (Å²) in [5.74, 6) is -0.219. The summed E-state index contributed by atoms with van der Waals surface area (Å²) < 4.78 is 18.5. The number of halogens is 2. The molecule has 1 aromatic carbocycles. The Bertz CT molecular complexity index is 580. The molecule has 2 rings (SSSR count). The second-order valence-electron chi connectivity index (χ2n) is 3.05. The van der Waals surface area contributed by atoms with Gasteiger partial charge in [-0.1, -0.05) is 11.6 Å². The lowest BCUT2D eigenvalue weighted by molar-refractivity contribution is 0.450. The molecule has 0 saturated heterocycles. The van der Waals surface area contributed by atoms with E-state index in [1.807, 2.05) is 0 Å². The van der Waals surface area contributed by atoms with Gasteiger partial charge in [-0.15, -0.1) is 10.2 Å². The first-order valence-electron chi connectivity index (χ1n) is 4.56. The summed E-state index contributed by atoms with van der Waals surface area (Å²) in [6.45, 7) is 0. The lowest BCUT2D eigenvalue weighted by atomic mass is 10.2. The third-order valence-electron chi connectivity index (χ3n) is 1.89. The zero-order valence-corrected chi connectivity index (χ0v) is 9.15. The number of nitrogens with zero attached hydrogens (tertiary/aromatic N) is 3. The number of aromatic nitrogens is 2. The van der Waals surface area contributed by atoms with E-state index in [-0.39, 0.29) is 22.3 Å². The van der Waals surface area contributed by atoms with Crippen molar-refractivity contribution >= 4 is 11.6 Å². The zero-order valence-electron chi connectivity index (χ0n) is 8.39. The Morgan fingerprint density at radius 1 is 1.24 bits per heavy atom. The van der Waals surface area contributed by atoms with Crippen molar-refractivity contribution in [1.29, 1.82) is 5.26 Å². The van der Waals surface area contributed by atoms with Crippen LogP contribution in [0, 0.1) is 17.1 Å². The maximum atomic E-state index is 13.3. The maximum Gasteiger partial charge on any atom is 0.238 e. The van der Waals surface area contributed by atoms with Gasteiger partial charge in [-0.3, -0.25) is 0 Å². The minimum Gasteiger partial charge on any atom is -0.437 e. The molecule has 1 aromatic heterocycles. The normalized spacial score (nSPS) is 9.71. The van der Waals surface area contributed by atoms with E-state index < -0.39 is 5.82 Å². The topological polar surface area (TPSA) is 58.8 Å². The Kier molecular flexibility index (Phi) is 3.17. The molecule has 0 aliphatic heterocycles. The third-order valence-corrected chi connectivity index (χ3v) is 2.09. The highest BCUT2D eigenvalue weighted by Gasteiger charge is 2.05. The second kappa shape index (κ2) is 4.76. The number of ether oxygens (including phenoxy) is 1. The molecule has 0 atom stereocenters. The average Bonchev–Trinajstić information content (AvgIpc) is 2.32. The van der Waals surface area contributed by atoms with E-state index in [1.54, 1.807) is 6.07 Å². The summed E-state index contributed by atoms with van der Waals surface area (Å²) >= 11 is 5.55. The van der Waals surface area contributed by atoms with Gasteiger partial charge in [-0.2, -0.15) is 5.26 Å². The van der Waals surface area contributed by atoms with E-state index in [2.05, 4.69) is 10.2 Å². The molecule has 0 fully saturated rings. The van der Waals surface area contributed by atoms with Crippen LogP contribution in [0.15, 0.2) is 30.3 Å². The van der Waals surface area contributed by atoms with Gasteiger partial charge in [0, 0.05) is 12.1 Å². The molecule has 6 heteroatoms. The summed E-state index contributed by atoms with van der Waals surface area (Å²) in [6, 6.07) is 8.63. The van der Waals surface area contributed by atoms with Gasteiger partial charge in [-0.05, 0) is 18.2 Å². The van der Waals surface area contributed by atoms with Crippen molar-refractivity contribution in [2.24, 2.45) is 0 Å². The molecule has 2 aromatic rings. The minimum atomic E-state index is -0.646. The van der Waals surface area contributed by atoms with Crippen molar-refractivity contribution in [3.63, 3.8) is 0 Å². The molecule has 0 aliphatic rings. The average molecular weight is 250 g/mol. The van der Waals surface area contributed by atoms with Crippen LogP contribution in [-0.4, -0.2) is 10.2 Å². The monoisotopic (exact) mass is 249 g/mol. The molecule has 0 bridgehead atoms. The second-order valence-corrected chi connectivity index (χ2v) is 3.44. The number of hydrogen-bond donors (Lipinski definition) is 0. The molecule has 0 saturated carbocycles. The Morgan fingerprint density at radius 2 is 2.06 bits per heavy atom. The van der Waals surface area contributed by atoms with Gasteiger partial charge in [-0.25, -0.2) is 4.39 Å². The molecule has 84 valence electrons. The smallest absolute Gasteiger partial charge is 0.238 e. The predicted molar refractivity (Wildman–Crippen MR) is 58.2 cm³/mol. The van der Waals surface area contributed by atoms with Crippen molar-refractivity contribution in [1.82, 2.24) is 10.2 Å². The molecule has 0 spiro atoms. The van der Waals surface area contributed by atoms with Gasteiger partial charge in [0.2, 0.25) is 5.88 Å². The third kappa shape index (κ3) is 2.68. The molecule has 1 heterocycles. The highest BCUT2D eigenvalue weighted by atomic mass is 35.5. The molecular formula is C11H5ClFN3O. The van der Waals surface area contributed by atoms with Crippen molar-refractivity contribution in [2.45, 2.75) is 0 Å². The van der Waals surface area contributed by atoms with Crippen LogP contribution < -0.4 is 4.74 Å². The lowest BCUT2D eigenvalue weighted by Gasteiger charge is -2.04. The van der Waals surface area contributed by atoms with Crippen molar-refractivity contribution in [2.75, 3.05) is 0 Å². The quantitative estimate of drug-likeness (QED) is 0.821. The molecule has 0 N–H and O–H groups in total. The standard InChI is InChI=1S/C11H5ClFN3O/c12-10-3-4-11(16-15-10)17-8-2-1-7(6-14)9(13)5-8/h1-5H. The number of rotatable bonds is 2. The summed E-state index contributed by atoms with van der Waals surface area (Å²) in [5.41, 5.74) is -0.0421. The van der Waals surface area contributed by atoms with Gasteiger partial charge in [0.25, 0.3) is 0 Å². The molecular weight excluding hydrogens is 245 g/mol. The number of benzene rings is 1. The first-order chi connectivity index (χ1) is 8.19. The highest BCUT2D eigenvalue weighted by molar-refractivity contribution is 6.29. The minimum absolute atomic E-state index is 0.0421. The Labute approximate surface area is 101 Å². The number of nitriles is 1. The zero-order chi connectivity index (χ0) is 12.3. The Hall–Kier alpha value is -2.19. The Balaban J connectivity index is 2.22. The van der Waals surface area contributed by atoms with E-state index in [9.17, 15) is 4.39 Å². The van der Waals surface area contributed by atoms with E-state index in [4.69, 9.17) is 21.6 Å². The summed E-state index contributed by atoms with van der Waals surface area (Å²) in [5, 5.41) is 16.0. The van der Waals surface area contributed by atoms with Gasteiger partial charge in [0.15, 0.2) is 5.15 Å². The van der Waals surface area contributed by atoms with Gasteiger partial charge < -0.3 is 4.74 Å². The van der Waals surface area contributed by atoms with Crippen LogP contribution in [0.5, 0.6) is 11.6 Å². The molecule has 17 heavy (non-hydrogen) atoms. The van der Waals surface area contributed by atoms with Gasteiger partial charge in [0.05, 0.1) is 5.56 Å². The molecule has 0 aliphatic carbocycles. The van der Waals surface area contributed by atoms with E-state index in [1.165, 1.54) is 24.3 Å². The molecule has 0 amide bonds. The lowest BCUT2D eigenvalue weighted by Crippen LogP contribution is -1.91. The van der Waals surface area contributed by atoms with Crippen LogP contribution in [-0.2, 0) is 0 Å². The van der Waals surface area contributed by atoms with Crippen LogP contribution in [0.4, 0.5) is 4.39 Å². The fraction of sp³-hybridized carbons (Fsp3) is 0. The van der Waals surface area contributed by atoms with Crippen LogP contribution in [0.1, 0.15) is 5.56 Å². The van der Waals surface area contributed by atoms with Crippen LogP contribution in [0.25, 0.3) is 0 Å². The van der Waals surface area contributed by atoms with Crippen LogP contribution >= 0.6 is 11.6 Å². The molecule has 4 nitrogen and oxygen atoms in total. The SMILES string of the molecule is N#Cc1ccc(Oc2ccc(Cl)nn2)cc1F. The van der Waals surface area contributed by atoms with Crippen molar-refractivity contribution in [3.8, 4) is 17.7 Å². The fourth-order valence-electron chi connectivity index (χ4n) is 1.13. The highest BCUT2D eigenvalue weighted by Crippen LogP contribution is 2.21. The van der Waals surface area contributed by atoms with Crippen LogP contribution in [0.2, 0.25) is 5.15 Å². The summed E-state index contributed by atoms with van der Waals surface area (Å²) in [6.07, 6.45) is 0. The van der Waals surface area contributed by atoms with Gasteiger partial charge >= 0.3 is 0 Å². The van der Waals surface area contributed by atoms with Crippen LogP contribution in [0.3, 0.4) is 0 Å². The van der Waals surface area contributed by atoms with E-state index >= 15 is 0 Å². The Morgan fingerprint density at radius 3 is 2.65 bits per heavy atom. The van der Waals surface area contributed by atoms with E-state index in [0.717, 1.165) is 6.07 Å². The van der Waals surface area contributed by atoms with Gasteiger partial charge in [0.1, 0.15) is 17.6 Å². The summed E-state index contributed by atoms with van der Waals surface area (Å²) in [4.78, 5) is 0. The van der Waals surface area contributed by atoms with E-state index in [0.29, 0.717) is 0 Å². The fourth-order valence-corrected chi connectivity index (χ4v) is 1.23. The predicted octanol–water partition coefficient (Wildman–Crippen LogP) is 2.93. The number of hydrogen-bond acceptors (Lipinski definition) is 4. The molecule has 0 unspecified atom stereocenters. The molecule has 0 radical (unpaired) electrons. The summed E-state index contributed by atoms with van der Waals surface area (Å²) in [7, 11) is 0. The maximum absolute atomic E-state index is 13.3. The first kappa shape index (κ1) is 11.3. The van der Waals surface area contributed by atoms with Crippen molar-refractivity contribution in [3.05, 3.63) is 46.9 Å². The first-order valence-corrected chi connectivity index (χ1v) is 4.93. The van der Waals surface area contributed by atoms with Crippen molar-refractivity contribution < 1.29 is 9.13 Å².